The maximum absolute atomic E-state index is 12.8. The number of rotatable bonds is 1. The quantitative estimate of drug-likeness (QED) is 0.806. The molecule has 0 radical (unpaired) electrons. The number of nitrogens with two attached hydrogens (primary N) is 1. The minimum absolute atomic E-state index is 0.00788. The molecule has 1 fully saturated rings. The van der Waals surface area contributed by atoms with Gasteiger partial charge in [0.25, 0.3) is 5.91 Å². The van der Waals surface area contributed by atoms with E-state index < -0.39 is 23.3 Å². The third kappa shape index (κ3) is 2.73. The van der Waals surface area contributed by atoms with Crippen LogP contribution in [0.1, 0.15) is 36.2 Å². The highest BCUT2D eigenvalue weighted by Crippen LogP contribution is 2.36. The summed E-state index contributed by atoms with van der Waals surface area (Å²) in [5.74, 6) is -0.431. The lowest BCUT2D eigenvalue weighted by atomic mass is 9.93. The lowest BCUT2D eigenvalue weighted by Gasteiger charge is -2.21. The number of hydrogen-bond donors (Lipinski definition) is 1. The van der Waals surface area contributed by atoms with Crippen molar-refractivity contribution in [1.29, 1.82) is 0 Å². The number of carbonyl (C=O) groups is 1. The Balaban J connectivity index is 2.32. The van der Waals surface area contributed by atoms with Gasteiger partial charge in [0, 0.05) is 13.1 Å². The molecule has 110 valence electrons. The molecule has 0 saturated carbocycles. The number of halogens is 3. The second-order valence-corrected chi connectivity index (χ2v) is 5.91. The summed E-state index contributed by atoms with van der Waals surface area (Å²) in [5.41, 5.74) is 4.01. The molecule has 1 aliphatic heterocycles. The molecule has 0 unspecified atom stereocenters. The third-order valence-corrected chi connectivity index (χ3v) is 3.61. The highest BCUT2D eigenvalue weighted by molar-refractivity contribution is 6.00. The minimum Gasteiger partial charge on any atom is -0.398 e. The van der Waals surface area contributed by atoms with Crippen LogP contribution in [0, 0.1) is 5.41 Å². The average molecular weight is 286 g/mol. The monoisotopic (exact) mass is 286 g/mol. The van der Waals surface area contributed by atoms with Gasteiger partial charge in [-0.15, -0.1) is 0 Å². The maximum Gasteiger partial charge on any atom is 0.418 e. The van der Waals surface area contributed by atoms with Gasteiger partial charge in [-0.25, -0.2) is 0 Å². The molecule has 1 aromatic rings. The fourth-order valence-corrected chi connectivity index (χ4v) is 2.45. The van der Waals surface area contributed by atoms with Gasteiger partial charge in [-0.05, 0) is 24.0 Å². The number of nitrogens with zero attached hydrogens (tertiary/aromatic N) is 1. The van der Waals surface area contributed by atoms with E-state index in [2.05, 4.69) is 0 Å². The summed E-state index contributed by atoms with van der Waals surface area (Å²) in [6, 6.07) is 3.45. The molecule has 1 saturated heterocycles. The number of anilines is 1. The third-order valence-electron chi connectivity index (χ3n) is 3.61. The first-order valence-corrected chi connectivity index (χ1v) is 6.37. The summed E-state index contributed by atoms with van der Waals surface area (Å²) in [6.07, 6.45) is -3.72. The number of likely N-dealkylation sites (tertiary alicyclic amines) is 1. The summed E-state index contributed by atoms with van der Waals surface area (Å²) in [5, 5.41) is 0. The van der Waals surface area contributed by atoms with E-state index in [1.54, 1.807) is 4.90 Å². The second kappa shape index (κ2) is 4.68. The zero-order valence-corrected chi connectivity index (χ0v) is 11.4. The zero-order chi connectivity index (χ0) is 15.1. The van der Waals surface area contributed by atoms with Crippen LogP contribution in [0.4, 0.5) is 18.9 Å². The smallest absolute Gasteiger partial charge is 0.398 e. The maximum atomic E-state index is 12.8. The molecular weight excluding hydrogens is 269 g/mol. The van der Waals surface area contributed by atoms with Crippen LogP contribution in [0.5, 0.6) is 0 Å². The summed E-state index contributed by atoms with van der Waals surface area (Å²) in [7, 11) is 0. The molecule has 1 aliphatic rings. The average Bonchev–Trinajstić information content (AvgIpc) is 2.67. The van der Waals surface area contributed by atoms with E-state index in [9.17, 15) is 18.0 Å². The Morgan fingerprint density at radius 2 is 2.00 bits per heavy atom. The Hall–Kier alpha value is -1.72. The predicted octanol–water partition coefficient (Wildman–Crippen LogP) is 3.16. The van der Waals surface area contributed by atoms with Gasteiger partial charge in [0.1, 0.15) is 0 Å². The van der Waals surface area contributed by atoms with Crippen molar-refractivity contribution >= 4 is 11.6 Å². The molecule has 0 bridgehead atoms. The standard InChI is InChI=1S/C14H17F3N2O/c1-13(2)6-7-19(8-13)12(20)9-4-3-5-10(11(9)18)14(15,16)17/h3-5H,6-8,18H2,1-2H3. The number of carbonyl (C=O) groups excluding carboxylic acids is 1. The van der Waals surface area contributed by atoms with Crippen molar-refractivity contribution in [2.75, 3.05) is 18.8 Å². The van der Waals surface area contributed by atoms with Crippen molar-refractivity contribution in [1.82, 2.24) is 4.90 Å². The van der Waals surface area contributed by atoms with E-state index in [4.69, 9.17) is 5.73 Å². The number of benzene rings is 1. The molecule has 0 atom stereocenters. The molecule has 1 aromatic carbocycles. The first kappa shape index (κ1) is 14.7. The molecule has 2 rings (SSSR count). The van der Waals surface area contributed by atoms with Gasteiger partial charge in [0.05, 0.1) is 16.8 Å². The Labute approximate surface area is 115 Å². The lowest BCUT2D eigenvalue weighted by molar-refractivity contribution is -0.136. The van der Waals surface area contributed by atoms with Crippen LogP contribution in [0.15, 0.2) is 18.2 Å². The summed E-state index contributed by atoms with van der Waals surface area (Å²) in [4.78, 5) is 13.9. The van der Waals surface area contributed by atoms with Crippen molar-refractivity contribution in [3.8, 4) is 0 Å². The topological polar surface area (TPSA) is 46.3 Å². The van der Waals surface area contributed by atoms with Gasteiger partial charge < -0.3 is 10.6 Å². The lowest BCUT2D eigenvalue weighted by Crippen LogP contribution is -2.31. The van der Waals surface area contributed by atoms with E-state index >= 15 is 0 Å². The van der Waals surface area contributed by atoms with E-state index in [0.29, 0.717) is 13.1 Å². The van der Waals surface area contributed by atoms with Gasteiger partial charge in [-0.2, -0.15) is 13.2 Å². The fraction of sp³-hybridized carbons (Fsp3) is 0.500. The number of alkyl halides is 3. The zero-order valence-electron chi connectivity index (χ0n) is 11.4. The Morgan fingerprint density at radius 3 is 2.50 bits per heavy atom. The molecule has 6 heteroatoms. The van der Waals surface area contributed by atoms with Crippen molar-refractivity contribution in [2.24, 2.45) is 5.41 Å². The molecule has 20 heavy (non-hydrogen) atoms. The summed E-state index contributed by atoms with van der Waals surface area (Å²) in [6.45, 7) is 5.12. The van der Waals surface area contributed by atoms with Crippen molar-refractivity contribution in [2.45, 2.75) is 26.4 Å². The van der Waals surface area contributed by atoms with Gasteiger partial charge in [-0.3, -0.25) is 4.79 Å². The molecule has 0 spiro atoms. The summed E-state index contributed by atoms with van der Waals surface area (Å²) < 4.78 is 38.4. The van der Waals surface area contributed by atoms with Crippen LogP contribution in [0.2, 0.25) is 0 Å². The van der Waals surface area contributed by atoms with Crippen LogP contribution in [-0.2, 0) is 6.18 Å². The van der Waals surface area contributed by atoms with Crippen LogP contribution in [0.3, 0.4) is 0 Å². The Bertz CT molecular complexity index is 538. The largest absolute Gasteiger partial charge is 0.418 e. The Kier molecular flexibility index (Phi) is 3.44. The van der Waals surface area contributed by atoms with Crippen molar-refractivity contribution < 1.29 is 18.0 Å². The number of nitrogen functional groups attached to an aromatic ring is 1. The Morgan fingerprint density at radius 1 is 1.35 bits per heavy atom. The highest BCUT2D eigenvalue weighted by Gasteiger charge is 2.37. The van der Waals surface area contributed by atoms with E-state index in [0.717, 1.165) is 12.5 Å². The van der Waals surface area contributed by atoms with Crippen LogP contribution in [-0.4, -0.2) is 23.9 Å². The van der Waals surface area contributed by atoms with Crippen molar-refractivity contribution in [3.05, 3.63) is 29.3 Å². The van der Waals surface area contributed by atoms with Gasteiger partial charge in [0.15, 0.2) is 0 Å². The number of hydrogen-bond acceptors (Lipinski definition) is 2. The van der Waals surface area contributed by atoms with Gasteiger partial charge >= 0.3 is 6.18 Å². The van der Waals surface area contributed by atoms with Crippen molar-refractivity contribution in [3.63, 3.8) is 0 Å². The minimum atomic E-state index is -4.55. The predicted molar refractivity (Wildman–Crippen MR) is 70.2 cm³/mol. The number of para-hydroxylation sites is 1. The number of amides is 1. The SMILES string of the molecule is CC1(C)CCN(C(=O)c2cccc(C(F)(F)F)c2N)C1. The molecule has 0 aromatic heterocycles. The van der Waals surface area contributed by atoms with E-state index in [1.807, 2.05) is 13.8 Å². The fourth-order valence-electron chi connectivity index (χ4n) is 2.45. The normalized spacial score (nSPS) is 18.4. The van der Waals surface area contributed by atoms with Crippen LogP contribution in [0.25, 0.3) is 0 Å². The van der Waals surface area contributed by atoms with Crippen LogP contribution < -0.4 is 5.73 Å². The molecular formula is C14H17F3N2O. The van der Waals surface area contributed by atoms with E-state index in [-0.39, 0.29) is 11.0 Å². The molecule has 2 N–H and O–H groups in total. The van der Waals surface area contributed by atoms with Crippen LogP contribution >= 0.6 is 0 Å². The summed E-state index contributed by atoms with van der Waals surface area (Å²) >= 11 is 0. The molecule has 1 amide bonds. The first-order chi connectivity index (χ1) is 9.12. The molecule has 0 aliphatic carbocycles. The highest BCUT2D eigenvalue weighted by atomic mass is 19.4. The second-order valence-electron chi connectivity index (χ2n) is 5.91. The van der Waals surface area contributed by atoms with E-state index in [1.165, 1.54) is 12.1 Å². The molecule has 1 heterocycles. The first-order valence-electron chi connectivity index (χ1n) is 6.37. The van der Waals surface area contributed by atoms with Gasteiger partial charge in [-0.1, -0.05) is 19.9 Å². The van der Waals surface area contributed by atoms with Gasteiger partial charge in [0.2, 0.25) is 0 Å². The molecule has 3 nitrogen and oxygen atoms in total.